The lowest BCUT2D eigenvalue weighted by molar-refractivity contribution is 0.00131. The molecular weight excluding hydrogens is 212 g/mol. The summed E-state index contributed by atoms with van der Waals surface area (Å²) in [6.45, 7) is 4.00. The molecule has 2 aromatic heterocycles. The van der Waals surface area contributed by atoms with Gasteiger partial charge in [-0.05, 0) is 38.1 Å². The summed E-state index contributed by atoms with van der Waals surface area (Å²) in [4.78, 5) is 8.56. The fourth-order valence-electron chi connectivity index (χ4n) is 1.68. The van der Waals surface area contributed by atoms with E-state index >= 15 is 0 Å². The summed E-state index contributed by atoms with van der Waals surface area (Å²) < 4.78 is 5.90. The fourth-order valence-corrected chi connectivity index (χ4v) is 1.68. The van der Waals surface area contributed by atoms with E-state index in [2.05, 4.69) is 9.97 Å². The summed E-state index contributed by atoms with van der Waals surface area (Å²) in [5.41, 5.74) is 1.88. The third-order valence-electron chi connectivity index (χ3n) is 2.62. The molecule has 0 aliphatic rings. The van der Waals surface area contributed by atoms with E-state index in [1.54, 1.807) is 12.4 Å². The number of hydrogen-bond donors (Lipinski definition) is 0. The fraction of sp³-hybridized carbons (Fsp3) is 0.286. The topological polar surface area (TPSA) is 35.0 Å². The van der Waals surface area contributed by atoms with Crippen LogP contribution in [0.15, 0.2) is 48.8 Å². The Morgan fingerprint density at radius 1 is 0.824 bits per heavy atom. The number of rotatable bonds is 4. The summed E-state index contributed by atoms with van der Waals surface area (Å²) in [5.74, 6) is 0. The van der Waals surface area contributed by atoms with Crippen molar-refractivity contribution < 1.29 is 4.74 Å². The van der Waals surface area contributed by atoms with Gasteiger partial charge in [-0.3, -0.25) is 9.97 Å². The average Bonchev–Trinajstić information content (AvgIpc) is 2.40. The van der Waals surface area contributed by atoms with Crippen molar-refractivity contribution in [3.63, 3.8) is 0 Å². The van der Waals surface area contributed by atoms with Gasteiger partial charge >= 0.3 is 0 Å². The first kappa shape index (κ1) is 11.7. The summed E-state index contributed by atoms with van der Waals surface area (Å²) in [6, 6.07) is 11.7. The Morgan fingerprint density at radius 3 is 1.65 bits per heavy atom. The summed E-state index contributed by atoms with van der Waals surface area (Å²) in [5, 5.41) is 0. The minimum absolute atomic E-state index is 0.0341. The van der Waals surface area contributed by atoms with Crippen LogP contribution in [-0.4, -0.2) is 9.97 Å². The van der Waals surface area contributed by atoms with Crippen LogP contribution < -0.4 is 0 Å². The van der Waals surface area contributed by atoms with Crippen molar-refractivity contribution in [1.29, 1.82) is 0 Å². The predicted octanol–water partition coefficient (Wildman–Crippen LogP) is 3.32. The van der Waals surface area contributed by atoms with Crippen molar-refractivity contribution in [1.82, 2.24) is 9.97 Å². The second kappa shape index (κ2) is 5.55. The van der Waals surface area contributed by atoms with E-state index in [1.165, 1.54) is 0 Å². The Kier molecular flexibility index (Phi) is 3.83. The van der Waals surface area contributed by atoms with Crippen LogP contribution in [-0.2, 0) is 4.74 Å². The van der Waals surface area contributed by atoms with Gasteiger partial charge in [0.1, 0.15) is 0 Å². The molecule has 2 unspecified atom stereocenters. The van der Waals surface area contributed by atoms with E-state index in [-0.39, 0.29) is 12.2 Å². The van der Waals surface area contributed by atoms with Crippen LogP contribution >= 0.6 is 0 Å². The first-order valence-corrected chi connectivity index (χ1v) is 5.74. The SMILES string of the molecule is CC(OC(C)c1ccccn1)c1ccccn1. The molecule has 3 nitrogen and oxygen atoms in total. The van der Waals surface area contributed by atoms with Gasteiger partial charge in [0.05, 0.1) is 23.6 Å². The largest absolute Gasteiger partial charge is 0.363 e. The Bertz CT molecular complexity index is 401. The van der Waals surface area contributed by atoms with E-state index in [9.17, 15) is 0 Å². The van der Waals surface area contributed by atoms with Gasteiger partial charge in [0.15, 0.2) is 0 Å². The number of ether oxygens (including phenoxy) is 1. The zero-order chi connectivity index (χ0) is 12.1. The van der Waals surface area contributed by atoms with E-state index in [0.717, 1.165) is 11.4 Å². The van der Waals surface area contributed by atoms with Crippen molar-refractivity contribution >= 4 is 0 Å². The van der Waals surface area contributed by atoms with Crippen molar-refractivity contribution in [3.8, 4) is 0 Å². The molecule has 2 heterocycles. The highest BCUT2D eigenvalue weighted by Gasteiger charge is 2.13. The highest BCUT2D eigenvalue weighted by Crippen LogP contribution is 2.23. The molecular formula is C14H16N2O. The van der Waals surface area contributed by atoms with Gasteiger partial charge in [0.25, 0.3) is 0 Å². The molecule has 0 aliphatic heterocycles. The van der Waals surface area contributed by atoms with E-state index in [0.29, 0.717) is 0 Å². The van der Waals surface area contributed by atoms with Gasteiger partial charge < -0.3 is 4.74 Å². The molecule has 0 N–H and O–H groups in total. The van der Waals surface area contributed by atoms with Crippen molar-refractivity contribution in [2.45, 2.75) is 26.1 Å². The molecule has 17 heavy (non-hydrogen) atoms. The Hall–Kier alpha value is -1.74. The molecule has 0 amide bonds. The van der Waals surface area contributed by atoms with Crippen molar-refractivity contribution in [3.05, 3.63) is 60.2 Å². The van der Waals surface area contributed by atoms with Crippen LogP contribution in [0.25, 0.3) is 0 Å². The van der Waals surface area contributed by atoms with Crippen LogP contribution in [0.3, 0.4) is 0 Å². The van der Waals surface area contributed by atoms with Crippen LogP contribution in [0.2, 0.25) is 0 Å². The predicted molar refractivity (Wildman–Crippen MR) is 66.4 cm³/mol. The number of aromatic nitrogens is 2. The maximum Gasteiger partial charge on any atom is 0.0975 e. The van der Waals surface area contributed by atoms with Crippen molar-refractivity contribution in [2.75, 3.05) is 0 Å². The first-order valence-electron chi connectivity index (χ1n) is 5.74. The minimum Gasteiger partial charge on any atom is -0.363 e. The van der Waals surface area contributed by atoms with Crippen LogP contribution in [0.1, 0.15) is 37.4 Å². The van der Waals surface area contributed by atoms with E-state index in [1.807, 2.05) is 50.2 Å². The molecule has 3 heteroatoms. The van der Waals surface area contributed by atoms with Crippen LogP contribution in [0.5, 0.6) is 0 Å². The van der Waals surface area contributed by atoms with Gasteiger partial charge in [-0.2, -0.15) is 0 Å². The second-order valence-electron chi connectivity index (χ2n) is 3.93. The Balaban J connectivity index is 2.02. The Morgan fingerprint density at radius 2 is 1.29 bits per heavy atom. The number of pyridine rings is 2. The second-order valence-corrected chi connectivity index (χ2v) is 3.93. The van der Waals surface area contributed by atoms with E-state index < -0.39 is 0 Å². The molecule has 0 spiro atoms. The highest BCUT2D eigenvalue weighted by atomic mass is 16.5. The number of nitrogens with zero attached hydrogens (tertiary/aromatic N) is 2. The molecule has 0 bridgehead atoms. The quantitative estimate of drug-likeness (QED) is 0.805. The molecule has 2 aromatic rings. The maximum absolute atomic E-state index is 5.90. The molecule has 2 atom stereocenters. The van der Waals surface area contributed by atoms with E-state index in [4.69, 9.17) is 4.74 Å². The van der Waals surface area contributed by atoms with Gasteiger partial charge in [0.2, 0.25) is 0 Å². The first-order chi connectivity index (χ1) is 8.27. The lowest BCUT2D eigenvalue weighted by Gasteiger charge is -2.18. The highest BCUT2D eigenvalue weighted by molar-refractivity contribution is 5.08. The minimum atomic E-state index is -0.0341. The number of hydrogen-bond acceptors (Lipinski definition) is 3. The van der Waals surface area contributed by atoms with Crippen LogP contribution in [0, 0.1) is 0 Å². The molecule has 0 fully saturated rings. The lowest BCUT2D eigenvalue weighted by atomic mass is 10.2. The van der Waals surface area contributed by atoms with Crippen molar-refractivity contribution in [2.24, 2.45) is 0 Å². The molecule has 0 aliphatic carbocycles. The molecule has 0 saturated heterocycles. The third kappa shape index (κ3) is 3.11. The van der Waals surface area contributed by atoms with Crippen LogP contribution in [0.4, 0.5) is 0 Å². The lowest BCUT2D eigenvalue weighted by Crippen LogP contribution is -2.07. The zero-order valence-corrected chi connectivity index (χ0v) is 10.1. The van der Waals surface area contributed by atoms with Gasteiger partial charge in [-0.15, -0.1) is 0 Å². The summed E-state index contributed by atoms with van der Waals surface area (Å²) in [6.07, 6.45) is 3.49. The Labute approximate surface area is 102 Å². The monoisotopic (exact) mass is 228 g/mol. The average molecular weight is 228 g/mol. The third-order valence-corrected chi connectivity index (χ3v) is 2.62. The summed E-state index contributed by atoms with van der Waals surface area (Å²) in [7, 11) is 0. The smallest absolute Gasteiger partial charge is 0.0975 e. The molecule has 0 radical (unpaired) electrons. The molecule has 2 rings (SSSR count). The van der Waals surface area contributed by atoms with Gasteiger partial charge in [-0.1, -0.05) is 12.1 Å². The van der Waals surface area contributed by atoms with Gasteiger partial charge in [-0.25, -0.2) is 0 Å². The molecule has 88 valence electrons. The molecule has 0 aromatic carbocycles. The zero-order valence-electron chi connectivity index (χ0n) is 10.1. The standard InChI is InChI=1S/C14H16N2O/c1-11(13-7-3-5-9-15-13)17-12(2)14-8-4-6-10-16-14/h3-12H,1-2H3. The summed E-state index contributed by atoms with van der Waals surface area (Å²) >= 11 is 0. The normalized spacial score (nSPS) is 14.2. The maximum atomic E-state index is 5.90. The molecule has 0 saturated carbocycles. The van der Waals surface area contributed by atoms with Gasteiger partial charge in [0, 0.05) is 12.4 Å².